The predicted molar refractivity (Wildman–Crippen MR) is 125 cm³/mol. The average Bonchev–Trinajstić information content (AvgIpc) is 3.17. The smallest absolute Gasteiger partial charge is 0.299 e. The number of carbonyl (C=O) groups excluding carboxylic acids is 2. The van der Waals surface area contributed by atoms with Crippen molar-refractivity contribution in [1.29, 1.82) is 0 Å². The Bertz CT molecular complexity index is 1330. The third-order valence-corrected chi connectivity index (χ3v) is 5.45. The van der Waals surface area contributed by atoms with E-state index < -0.39 is 11.7 Å². The van der Waals surface area contributed by atoms with E-state index in [-0.39, 0.29) is 6.54 Å². The molecule has 3 aromatic heterocycles. The van der Waals surface area contributed by atoms with Crippen molar-refractivity contribution in [2.24, 2.45) is 0 Å². The van der Waals surface area contributed by atoms with Gasteiger partial charge >= 0.3 is 0 Å². The molecule has 33 heavy (non-hydrogen) atoms. The molecule has 9 heteroatoms. The molecule has 0 fully saturated rings. The minimum atomic E-state index is -0.704. The van der Waals surface area contributed by atoms with Crippen LogP contribution in [0, 0.1) is 6.92 Å². The first-order chi connectivity index (χ1) is 15.9. The molecule has 0 saturated carbocycles. The zero-order valence-electron chi connectivity index (χ0n) is 18.3. The van der Waals surface area contributed by atoms with Crippen LogP contribution < -0.4 is 14.4 Å². The van der Waals surface area contributed by atoms with Crippen molar-refractivity contribution >= 4 is 39.9 Å². The maximum absolute atomic E-state index is 13.6. The molecule has 0 aliphatic rings. The van der Waals surface area contributed by atoms with E-state index in [9.17, 15) is 9.59 Å². The van der Waals surface area contributed by atoms with Gasteiger partial charge in [-0.25, -0.2) is 9.97 Å². The van der Waals surface area contributed by atoms with Gasteiger partial charge in [-0.2, -0.15) is 0 Å². The standard InChI is InChI=1S/C24H21ClN4O4/c1-14-22(18-11-17(32-2)5-6-19(18)28-14)23(30)24(31)29(13-15-4-7-20(25)27-12-15)16-8-9-26-21(10-16)33-3/h4-12,28H,13H2,1-3H3. The van der Waals surface area contributed by atoms with Crippen molar-refractivity contribution in [3.63, 3.8) is 0 Å². The number of rotatable bonds is 7. The molecule has 1 amide bonds. The largest absolute Gasteiger partial charge is 0.497 e. The van der Waals surface area contributed by atoms with Gasteiger partial charge in [-0.1, -0.05) is 17.7 Å². The van der Waals surface area contributed by atoms with E-state index in [1.807, 2.05) is 6.07 Å². The summed E-state index contributed by atoms with van der Waals surface area (Å²) < 4.78 is 10.5. The van der Waals surface area contributed by atoms with Gasteiger partial charge in [0.05, 0.1) is 32.0 Å². The molecule has 168 valence electrons. The molecule has 0 unspecified atom stereocenters. The molecule has 3 heterocycles. The second kappa shape index (κ2) is 9.30. The summed E-state index contributed by atoms with van der Waals surface area (Å²) in [5, 5.41) is 0.951. The van der Waals surface area contributed by atoms with Gasteiger partial charge in [0.1, 0.15) is 10.9 Å². The van der Waals surface area contributed by atoms with Crippen LogP contribution >= 0.6 is 11.6 Å². The first kappa shape index (κ1) is 22.3. The molecule has 0 radical (unpaired) electrons. The van der Waals surface area contributed by atoms with Crippen molar-refractivity contribution < 1.29 is 19.1 Å². The molecule has 8 nitrogen and oxygen atoms in total. The summed E-state index contributed by atoms with van der Waals surface area (Å²) in [7, 11) is 3.03. The summed E-state index contributed by atoms with van der Waals surface area (Å²) >= 11 is 5.90. The zero-order chi connectivity index (χ0) is 23.5. The lowest BCUT2D eigenvalue weighted by Gasteiger charge is -2.22. The first-order valence-electron chi connectivity index (χ1n) is 10.0. The summed E-state index contributed by atoms with van der Waals surface area (Å²) in [6, 6.07) is 12.0. The molecule has 0 spiro atoms. The van der Waals surface area contributed by atoms with Crippen LogP contribution in [0.3, 0.4) is 0 Å². The van der Waals surface area contributed by atoms with Gasteiger partial charge in [0.2, 0.25) is 5.88 Å². The fraction of sp³-hybridized carbons (Fsp3) is 0.167. The Morgan fingerprint density at radius 1 is 1.06 bits per heavy atom. The normalized spacial score (nSPS) is 10.8. The highest BCUT2D eigenvalue weighted by Crippen LogP contribution is 2.29. The van der Waals surface area contributed by atoms with Crippen molar-refractivity contribution in [2.75, 3.05) is 19.1 Å². The number of anilines is 1. The summed E-state index contributed by atoms with van der Waals surface area (Å²) in [5.74, 6) is -0.444. The topological polar surface area (TPSA) is 97.4 Å². The molecule has 0 aliphatic heterocycles. The molecule has 0 atom stereocenters. The van der Waals surface area contributed by atoms with Crippen molar-refractivity contribution in [2.45, 2.75) is 13.5 Å². The lowest BCUT2D eigenvalue weighted by molar-refractivity contribution is -0.114. The Labute approximate surface area is 195 Å². The number of Topliss-reactive ketones (excluding diaryl/α,β-unsaturated/α-hetero) is 1. The first-order valence-corrected chi connectivity index (χ1v) is 10.4. The van der Waals surface area contributed by atoms with E-state index >= 15 is 0 Å². The van der Waals surface area contributed by atoms with Crippen LogP contribution in [0.2, 0.25) is 5.15 Å². The molecule has 0 aliphatic carbocycles. The summed E-state index contributed by atoms with van der Waals surface area (Å²) in [6.07, 6.45) is 3.08. The van der Waals surface area contributed by atoms with Crippen LogP contribution in [0.1, 0.15) is 21.6 Å². The minimum Gasteiger partial charge on any atom is -0.497 e. The van der Waals surface area contributed by atoms with Crippen LogP contribution in [0.25, 0.3) is 10.9 Å². The van der Waals surface area contributed by atoms with Crippen molar-refractivity contribution in [3.05, 3.63) is 76.8 Å². The maximum atomic E-state index is 13.6. The Balaban J connectivity index is 1.77. The van der Waals surface area contributed by atoms with Gasteiger partial charge in [0.25, 0.3) is 11.7 Å². The zero-order valence-corrected chi connectivity index (χ0v) is 19.0. The number of halogens is 1. The van der Waals surface area contributed by atoms with E-state index in [2.05, 4.69) is 15.0 Å². The molecule has 0 bridgehead atoms. The Morgan fingerprint density at radius 3 is 2.58 bits per heavy atom. The minimum absolute atomic E-state index is 0.104. The van der Waals surface area contributed by atoms with Crippen molar-refractivity contribution in [3.8, 4) is 11.6 Å². The monoisotopic (exact) mass is 464 g/mol. The fourth-order valence-electron chi connectivity index (χ4n) is 3.60. The van der Waals surface area contributed by atoms with Crippen LogP contribution in [0.4, 0.5) is 5.69 Å². The van der Waals surface area contributed by atoms with Gasteiger partial charge < -0.3 is 19.4 Å². The Kier molecular flexibility index (Phi) is 6.28. The predicted octanol–water partition coefficient (Wildman–Crippen LogP) is 4.35. The number of carbonyl (C=O) groups is 2. The quantitative estimate of drug-likeness (QED) is 0.248. The maximum Gasteiger partial charge on any atom is 0.299 e. The van der Waals surface area contributed by atoms with Crippen LogP contribution in [-0.4, -0.2) is 40.9 Å². The van der Waals surface area contributed by atoms with E-state index in [0.29, 0.717) is 44.7 Å². The number of pyridine rings is 2. The van der Waals surface area contributed by atoms with Crippen LogP contribution in [-0.2, 0) is 11.3 Å². The molecule has 4 rings (SSSR count). The molecular formula is C24H21ClN4O4. The number of aromatic amines is 1. The second-order valence-corrected chi connectivity index (χ2v) is 7.69. The van der Waals surface area contributed by atoms with Gasteiger partial charge in [-0.3, -0.25) is 9.59 Å². The molecule has 1 N–H and O–H groups in total. The van der Waals surface area contributed by atoms with E-state index in [1.165, 1.54) is 18.2 Å². The number of hydrogen-bond acceptors (Lipinski definition) is 6. The van der Waals surface area contributed by atoms with Crippen LogP contribution in [0.15, 0.2) is 54.9 Å². The fourth-order valence-corrected chi connectivity index (χ4v) is 3.71. The lowest BCUT2D eigenvalue weighted by atomic mass is 10.0. The number of methoxy groups -OCH3 is 2. The number of hydrogen-bond donors (Lipinski definition) is 1. The van der Waals surface area contributed by atoms with Gasteiger partial charge in [0.15, 0.2) is 0 Å². The van der Waals surface area contributed by atoms with Crippen LogP contribution in [0.5, 0.6) is 11.6 Å². The Morgan fingerprint density at radius 2 is 1.88 bits per heavy atom. The third-order valence-electron chi connectivity index (χ3n) is 5.23. The number of fused-ring (bicyclic) bond motifs is 1. The number of H-pyrrole nitrogens is 1. The summed E-state index contributed by atoms with van der Waals surface area (Å²) in [5.41, 5.74) is 2.80. The number of aryl methyl sites for hydroxylation is 1. The molecule has 4 aromatic rings. The summed E-state index contributed by atoms with van der Waals surface area (Å²) in [6.45, 7) is 1.86. The third kappa shape index (κ3) is 4.51. The molecular weight excluding hydrogens is 444 g/mol. The number of ketones is 1. The van der Waals surface area contributed by atoms with Crippen molar-refractivity contribution in [1.82, 2.24) is 15.0 Å². The number of amides is 1. The number of nitrogens with one attached hydrogen (secondary N) is 1. The van der Waals surface area contributed by atoms with E-state index in [0.717, 1.165) is 5.52 Å². The Hall–Kier alpha value is -3.91. The highest BCUT2D eigenvalue weighted by molar-refractivity contribution is 6.49. The summed E-state index contributed by atoms with van der Waals surface area (Å²) in [4.78, 5) is 39.8. The highest BCUT2D eigenvalue weighted by atomic mass is 35.5. The van der Waals surface area contributed by atoms with E-state index in [4.69, 9.17) is 21.1 Å². The SMILES string of the molecule is COc1ccc2[nH]c(C)c(C(=O)C(=O)N(Cc3ccc(Cl)nc3)c3ccnc(OC)c3)c2c1. The lowest BCUT2D eigenvalue weighted by Crippen LogP contribution is -2.36. The molecule has 1 aromatic carbocycles. The number of benzene rings is 1. The van der Waals surface area contributed by atoms with Gasteiger partial charge in [-0.15, -0.1) is 0 Å². The number of ether oxygens (including phenoxy) is 2. The number of aromatic nitrogens is 3. The highest BCUT2D eigenvalue weighted by Gasteiger charge is 2.29. The van der Waals surface area contributed by atoms with Gasteiger partial charge in [-0.05, 0) is 42.8 Å². The number of nitrogens with zero attached hydrogens (tertiary/aromatic N) is 3. The second-order valence-electron chi connectivity index (χ2n) is 7.30. The average molecular weight is 465 g/mol. The van der Waals surface area contributed by atoms with Gasteiger partial charge in [0, 0.05) is 35.1 Å². The van der Waals surface area contributed by atoms with E-state index in [1.54, 1.807) is 56.6 Å². The molecule has 0 saturated heterocycles.